The van der Waals surface area contributed by atoms with Crippen molar-refractivity contribution in [1.82, 2.24) is 14.3 Å². The summed E-state index contributed by atoms with van der Waals surface area (Å²) < 4.78 is 8.77. The highest BCUT2D eigenvalue weighted by Gasteiger charge is 2.60. The van der Waals surface area contributed by atoms with E-state index in [1.165, 1.54) is 76.3 Å². The molecule has 2 aliphatic rings. The maximum atomic E-state index is 13.9. The van der Waals surface area contributed by atoms with Crippen molar-refractivity contribution in [1.29, 1.82) is 0 Å². The van der Waals surface area contributed by atoms with E-state index in [1.807, 2.05) is 6.92 Å². The number of hydrogen-bond donors (Lipinski definition) is 2. The van der Waals surface area contributed by atoms with E-state index < -0.39 is 52.5 Å². The van der Waals surface area contributed by atoms with Gasteiger partial charge in [0.15, 0.2) is 12.4 Å². The summed E-state index contributed by atoms with van der Waals surface area (Å²) in [7, 11) is 0. The second-order valence-electron chi connectivity index (χ2n) is 11.9. The second kappa shape index (κ2) is 15.8. The predicted molar refractivity (Wildman–Crippen MR) is 182 cm³/mol. The van der Waals surface area contributed by atoms with Gasteiger partial charge in [-0.15, -0.1) is 23.1 Å². The van der Waals surface area contributed by atoms with Crippen molar-refractivity contribution in [2.45, 2.75) is 44.0 Å². The van der Waals surface area contributed by atoms with E-state index in [0.29, 0.717) is 31.5 Å². The van der Waals surface area contributed by atoms with Crippen LogP contribution in [0.2, 0.25) is 0 Å². The van der Waals surface area contributed by atoms with Crippen LogP contribution in [-0.4, -0.2) is 72.3 Å². The lowest BCUT2D eigenvalue weighted by atomic mass is 9.77. The molecule has 52 heavy (non-hydrogen) atoms. The van der Waals surface area contributed by atoms with E-state index in [1.54, 1.807) is 22.9 Å². The summed E-state index contributed by atoms with van der Waals surface area (Å²) in [6, 6.07) is 6.68. The number of aromatic nitrogens is 3. The molecule has 4 aromatic rings. The highest BCUT2D eigenvalue weighted by Crippen LogP contribution is 2.52. The first-order valence-corrected chi connectivity index (χ1v) is 17.3. The first kappa shape index (κ1) is 38.3. The molecule has 1 saturated heterocycles. The summed E-state index contributed by atoms with van der Waals surface area (Å²) in [6.07, 6.45) is 5.37. The molecule has 0 saturated carbocycles. The molecule has 6 rings (SSSR count). The van der Waals surface area contributed by atoms with Crippen molar-refractivity contribution in [3.63, 3.8) is 0 Å². The van der Waals surface area contributed by atoms with Gasteiger partial charge < -0.3 is 44.5 Å². The number of β-lactam (4-membered cyclic amide) rings is 1. The number of azide groups is 1. The number of thioether (sulfide) groups is 1. The lowest BCUT2D eigenvalue weighted by Crippen LogP contribution is -3.00. The van der Waals surface area contributed by atoms with Crippen molar-refractivity contribution in [2.24, 2.45) is 22.7 Å². The van der Waals surface area contributed by atoms with Crippen LogP contribution in [0.15, 0.2) is 71.0 Å². The fourth-order valence-electron chi connectivity index (χ4n) is 6.36. The summed E-state index contributed by atoms with van der Waals surface area (Å²) >= 11 is 2.52. The molecule has 1 aromatic carbocycles. The van der Waals surface area contributed by atoms with Crippen LogP contribution in [0.1, 0.15) is 40.3 Å². The molecule has 2 amide bonds. The van der Waals surface area contributed by atoms with Gasteiger partial charge in [-0.1, -0.05) is 12.0 Å². The Bertz CT molecular complexity index is 2180. The third kappa shape index (κ3) is 7.37. The van der Waals surface area contributed by atoms with E-state index in [9.17, 15) is 34.4 Å². The SMILES string of the molecule is C[C@@H](O)[C@H]1C(=O)N2C(C(=O)OCc3ccc([N+](=O)[O-])cc3)=C(c3cn4cnc(C(=O)c5cc(SCCN=[N+]=[N-])c[n+](CC(N)=O)c5)c4s3)[C@H](C)[C@H]12.[I-]. The predicted octanol–water partition coefficient (Wildman–Crippen LogP) is 0.0262. The topological polar surface area (TPSA) is 240 Å². The van der Waals surface area contributed by atoms with E-state index in [-0.39, 0.29) is 66.3 Å². The van der Waals surface area contributed by atoms with Crippen LogP contribution in [0, 0.1) is 22.0 Å². The van der Waals surface area contributed by atoms with Crippen molar-refractivity contribution in [3.8, 4) is 0 Å². The number of rotatable bonds is 14. The van der Waals surface area contributed by atoms with Crippen LogP contribution in [0.4, 0.5) is 5.69 Å². The molecule has 5 heterocycles. The fourth-order valence-corrected chi connectivity index (χ4v) is 8.40. The third-order valence-corrected chi connectivity index (χ3v) is 10.7. The van der Waals surface area contributed by atoms with Gasteiger partial charge in [-0.25, -0.2) is 9.78 Å². The third-order valence-electron chi connectivity index (χ3n) is 8.59. The van der Waals surface area contributed by atoms with Crippen molar-refractivity contribution in [3.05, 3.63) is 103 Å². The summed E-state index contributed by atoms with van der Waals surface area (Å²) in [6.45, 7) is 3.22. The van der Waals surface area contributed by atoms with E-state index in [2.05, 4.69) is 15.0 Å². The summed E-state index contributed by atoms with van der Waals surface area (Å²) in [5.74, 6) is -2.94. The molecular formula is C32H30IN9O8S2. The Morgan fingerprint density at radius 1 is 1.29 bits per heavy atom. The minimum Gasteiger partial charge on any atom is -1.00 e. The van der Waals surface area contributed by atoms with Gasteiger partial charge in [0.2, 0.25) is 18.2 Å². The molecule has 4 atom stereocenters. The molecule has 17 nitrogen and oxygen atoms in total. The second-order valence-corrected chi connectivity index (χ2v) is 14.1. The zero-order valence-electron chi connectivity index (χ0n) is 27.5. The molecule has 0 unspecified atom stereocenters. The number of amides is 2. The van der Waals surface area contributed by atoms with Gasteiger partial charge in [-0.2, -0.15) is 4.57 Å². The quantitative estimate of drug-likeness (QED) is 0.0140. The number of imidazole rings is 1. The molecule has 0 radical (unpaired) electrons. The van der Waals surface area contributed by atoms with E-state index in [4.69, 9.17) is 16.0 Å². The lowest BCUT2D eigenvalue weighted by Gasteiger charge is -2.46. The number of carbonyl (C=O) groups excluding carboxylic acids is 4. The number of carbonyl (C=O) groups is 4. The molecule has 0 aliphatic carbocycles. The number of ether oxygens (including phenoxy) is 1. The molecule has 2 aliphatic heterocycles. The Labute approximate surface area is 320 Å². The number of esters is 1. The zero-order chi connectivity index (χ0) is 36.6. The highest BCUT2D eigenvalue weighted by atomic mass is 127. The number of nitrogens with two attached hydrogens (primary N) is 1. The van der Waals surface area contributed by atoms with Gasteiger partial charge in [-0.3, -0.25) is 28.9 Å². The Balaban J connectivity index is 0.00000523. The van der Waals surface area contributed by atoms with Crippen molar-refractivity contribution in [2.75, 3.05) is 12.3 Å². The number of halogens is 1. The number of thiazole rings is 1. The van der Waals surface area contributed by atoms with Gasteiger partial charge >= 0.3 is 5.97 Å². The van der Waals surface area contributed by atoms with Crippen molar-refractivity contribution >= 4 is 62.8 Å². The molecule has 0 spiro atoms. The lowest BCUT2D eigenvalue weighted by molar-refractivity contribution is -0.686. The number of nitrogens with zero attached hydrogens (tertiary/aromatic N) is 8. The Morgan fingerprint density at radius 3 is 2.67 bits per heavy atom. The Hall–Kier alpha value is -4.89. The van der Waals surface area contributed by atoms with Crippen LogP contribution in [0.25, 0.3) is 20.8 Å². The normalized spacial score (nSPS) is 18.2. The van der Waals surface area contributed by atoms with Crippen molar-refractivity contribution < 1.29 is 62.5 Å². The number of pyridine rings is 1. The number of non-ortho nitro benzene ring substituents is 1. The number of aliphatic hydroxyl groups is 1. The van der Waals surface area contributed by atoms with Crippen LogP contribution >= 0.6 is 23.1 Å². The number of ketones is 1. The van der Waals surface area contributed by atoms with Gasteiger partial charge in [0, 0.05) is 47.0 Å². The number of nitro groups is 1. The minimum absolute atomic E-state index is 0. The smallest absolute Gasteiger partial charge is 0.355 e. The number of benzene rings is 1. The first-order chi connectivity index (χ1) is 24.4. The number of primary amides is 1. The van der Waals surface area contributed by atoms with Crippen LogP contribution in [0.5, 0.6) is 0 Å². The summed E-state index contributed by atoms with van der Waals surface area (Å²) in [5.41, 5.74) is 15.3. The van der Waals surface area contributed by atoms with E-state index >= 15 is 0 Å². The Morgan fingerprint density at radius 2 is 2.02 bits per heavy atom. The van der Waals surface area contributed by atoms with Crippen LogP contribution in [-0.2, 0) is 32.3 Å². The molecule has 20 heteroatoms. The minimum atomic E-state index is -0.962. The van der Waals surface area contributed by atoms with Crippen LogP contribution in [0.3, 0.4) is 0 Å². The largest absolute Gasteiger partial charge is 1.00 e. The maximum absolute atomic E-state index is 13.9. The number of fused-ring (bicyclic) bond motifs is 2. The molecular weight excluding hydrogens is 829 g/mol. The number of aliphatic hydroxyl groups excluding tert-OH is 1. The van der Waals surface area contributed by atoms with E-state index in [0.717, 1.165) is 0 Å². The summed E-state index contributed by atoms with van der Waals surface area (Å²) in [5, 5.41) is 25.0. The average molecular weight is 860 g/mol. The van der Waals surface area contributed by atoms with Gasteiger partial charge in [0.1, 0.15) is 29.2 Å². The molecule has 3 N–H and O–H groups in total. The van der Waals surface area contributed by atoms with Gasteiger partial charge in [0.25, 0.3) is 11.6 Å². The molecule has 0 bridgehead atoms. The number of nitro benzene ring substituents is 1. The first-order valence-electron chi connectivity index (χ1n) is 15.5. The van der Waals surface area contributed by atoms with Crippen LogP contribution < -0.4 is 34.3 Å². The number of hydrogen-bond acceptors (Lipinski definition) is 12. The molecule has 3 aromatic heterocycles. The molecule has 1 fully saturated rings. The average Bonchev–Trinajstić information content (AvgIpc) is 3.74. The fraction of sp³-hybridized carbons (Fsp3) is 0.312. The Kier molecular flexibility index (Phi) is 11.6. The summed E-state index contributed by atoms with van der Waals surface area (Å²) in [4.78, 5) is 73.3. The zero-order valence-corrected chi connectivity index (χ0v) is 31.3. The monoisotopic (exact) mass is 859 g/mol. The van der Waals surface area contributed by atoms with Gasteiger partial charge in [-0.05, 0) is 36.2 Å². The van der Waals surface area contributed by atoms with Gasteiger partial charge in [0.05, 0.1) is 38.3 Å². The molecule has 270 valence electrons. The maximum Gasteiger partial charge on any atom is 0.355 e. The highest BCUT2D eigenvalue weighted by molar-refractivity contribution is 7.99. The standard InChI is InChI=1S/C32H29N9O8S2.HI/c1-16-24(28(40-27(16)25(17(2)42)30(40)45)32(46)49-14-18-3-5-20(6-4-18)41(47)48)22-12-39-15-35-26(31(39)51-22)29(44)19-9-21(50-8-7-36-37-34)11-38(10-19)13-23(33)43;/h3-6,9-12,15-17,25,27,42H,7-8,13-14H2,1-2H3,(H-,33,43);1H/t16-,17+,25+,27+;/m0./s1.